The molecule has 3 aliphatic carbocycles. The summed E-state index contributed by atoms with van der Waals surface area (Å²) < 4.78 is 2.05. The maximum Gasteiger partial charge on any atom is 0.255 e. The smallest absolute Gasteiger partial charge is 0.255 e. The predicted octanol–water partition coefficient (Wildman–Crippen LogP) is 4.37. The number of carbonyl (C=O) groups excluding carboxylic acids is 2. The van der Waals surface area contributed by atoms with Crippen molar-refractivity contribution in [3.8, 4) is 0 Å². The van der Waals surface area contributed by atoms with Crippen LogP contribution in [-0.4, -0.2) is 27.0 Å². The molecule has 4 atom stereocenters. The first-order valence-electron chi connectivity index (χ1n) is 11.9. The summed E-state index contributed by atoms with van der Waals surface area (Å²) in [4.78, 5) is 31.2. The average molecular weight is 444 g/mol. The number of anilines is 2. The van der Waals surface area contributed by atoms with Crippen LogP contribution >= 0.6 is 0 Å². The van der Waals surface area contributed by atoms with Gasteiger partial charge in [-0.3, -0.25) is 14.9 Å². The highest BCUT2D eigenvalue weighted by Crippen LogP contribution is 2.58. The second kappa shape index (κ2) is 7.07. The highest BCUT2D eigenvalue weighted by Gasteiger charge is 2.60. The summed E-state index contributed by atoms with van der Waals surface area (Å²) in [5.74, 6) is 0.685. The van der Waals surface area contributed by atoms with Crippen molar-refractivity contribution >= 4 is 34.5 Å². The van der Waals surface area contributed by atoms with E-state index in [1.54, 1.807) is 0 Å². The first-order valence-corrected chi connectivity index (χ1v) is 11.9. The molecule has 3 aromatic rings. The Bertz CT molecular complexity index is 1280. The summed E-state index contributed by atoms with van der Waals surface area (Å²) >= 11 is 0. The van der Waals surface area contributed by atoms with E-state index in [4.69, 9.17) is 0 Å². The number of carbonyl (C=O) groups is 2. The number of amides is 2. The van der Waals surface area contributed by atoms with Crippen LogP contribution in [0.2, 0.25) is 0 Å². The molecule has 7 nitrogen and oxygen atoms in total. The van der Waals surface area contributed by atoms with Crippen LogP contribution in [-0.2, 0) is 11.3 Å². The number of aromatic nitrogens is 2. The minimum Gasteiger partial charge on any atom is -0.362 e. The fourth-order valence-corrected chi connectivity index (χ4v) is 6.54. The first-order chi connectivity index (χ1) is 15.9. The third-order valence-corrected chi connectivity index (χ3v) is 8.19. The van der Waals surface area contributed by atoms with Gasteiger partial charge in [0.05, 0.1) is 16.6 Å². The number of hydrogen-bond acceptors (Lipinski definition) is 4. The van der Waals surface area contributed by atoms with Crippen LogP contribution in [0, 0.1) is 17.3 Å². The third-order valence-electron chi connectivity index (χ3n) is 8.19. The van der Waals surface area contributed by atoms with Gasteiger partial charge in [-0.25, -0.2) is 4.98 Å². The number of imidazole rings is 1. The predicted molar refractivity (Wildman–Crippen MR) is 128 cm³/mol. The Morgan fingerprint density at radius 1 is 1.18 bits per heavy atom. The molecule has 3 fully saturated rings. The van der Waals surface area contributed by atoms with Crippen LogP contribution < -0.4 is 16.0 Å². The lowest BCUT2D eigenvalue weighted by Crippen LogP contribution is -2.70. The molecule has 1 aromatic heterocycles. The Morgan fingerprint density at radius 2 is 1.97 bits per heavy atom. The molecule has 7 rings (SSSR count). The number of aryl methyl sites for hydroxylation is 1. The molecule has 1 spiro atoms. The summed E-state index contributed by atoms with van der Waals surface area (Å²) in [5, 5.41) is 10.1. The molecule has 170 valence electrons. The highest BCUT2D eigenvalue weighted by molar-refractivity contribution is 6.02. The molecule has 2 amide bonds. The van der Waals surface area contributed by atoms with Crippen molar-refractivity contribution < 1.29 is 9.59 Å². The molecule has 1 aliphatic heterocycles. The Hall–Kier alpha value is -3.35. The second-order valence-electron chi connectivity index (χ2n) is 10.1. The number of nitrogens with zero attached hydrogens (tertiary/aromatic N) is 2. The molecule has 2 bridgehead atoms. The van der Waals surface area contributed by atoms with Crippen molar-refractivity contribution in [2.75, 3.05) is 10.6 Å². The molecule has 0 unspecified atom stereocenters. The van der Waals surface area contributed by atoms with E-state index in [1.165, 1.54) is 0 Å². The van der Waals surface area contributed by atoms with Crippen LogP contribution in [0.3, 0.4) is 0 Å². The van der Waals surface area contributed by atoms with E-state index in [0.717, 1.165) is 48.9 Å². The van der Waals surface area contributed by atoms with Gasteiger partial charge in [0.1, 0.15) is 5.66 Å². The van der Waals surface area contributed by atoms with E-state index >= 15 is 0 Å². The lowest BCUT2D eigenvalue weighted by Gasteiger charge is -2.60. The molecule has 0 radical (unpaired) electrons. The number of benzene rings is 2. The van der Waals surface area contributed by atoms with Gasteiger partial charge in [0.25, 0.3) is 5.91 Å². The molecule has 2 aromatic carbocycles. The number of fused-ring (bicyclic) bond motifs is 4. The van der Waals surface area contributed by atoms with Crippen LogP contribution in [0.1, 0.15) is 49.9 Å². The van der Waals surface area contributed by atoms with E-state index in [9.17, 15) is 9.59 Å². The van der Waals surface area contributed by atoms with E-state index < -0.39 is 5.66 Å². The molecule has 3 N–H and O–H groups in total. The van der Waals surface area contributed by atoms with Crippen molar-refractivity contribution in [1.29, 1.82) is 0 Å². The van der Waals surface area contributed by atoms with Gasteiger partial charge in [-0.15, -0.1) is 0 Å². The van der Waals surface area contributed by atoms with Gasteiger partial charge in [-0.05, 0) is 62.3 Å². The highest BCUT2D eigenvalue weighted by atomic mass is 16.2. The molecule has 2 heterocycles. The minimum atomic E-state index is -0.494. The Morgan fingerprint density at radius 3 is 2.79 bits per heavy atom. The monoisotopic (exact) mass is 443 g/mol. The zero-order valence-electron chi connectivity index (χ0n) is 19.0. The Kier molecular flexibility index (Phi) is 4.34. The lowest BCUT2D eigenvalue weighted by atomic mass is 9.51. The molecular weight excluding hydrogens is 414 g/mol. The van der Waals surface area contributed by atoms with Crippen LogP contribution in [0.4, 0.5) is 11.6 Å². The minimum absolute atomic E-state index is 0.0295. The maximum absolute atomic E-state index is 13.6. The summed E-state index contributed by atoms with van der Waals surface area (Å²) in [5.41, 5.74) is 2.77. The quantitative estimate of drug-likeness (QED) is 0.561. The SMILES string of the molecule is CCn1c(NC(=O)[C@H]2C[C@H]3CC[C@@]2(C)C[C@]32NC(=O)c3ccccc3N2)nc2ccccc21. The van der Waals surface area contributed by atoms with Crippen LogP contribution in [0.25, 0.3) is 11.0 Å². The number of para-hydroxylation sites is 3. The number of nitrogens with one attached hydrogen (secondary N) is 3. The van der Waals surface area contributed by atoms with Crippen molar-refractivity contribution in [3.63, 3.8) is 0 Å². The van der Waals surface area contributed by atoms with Gasteiger partial charge in [-0.2, -0.15) is 0 Å². The zero-order valence-corrected chi connectivity index (χ0v) is 19.0. The fraction of sp³-hybridized carbons (Fsp3) is 0.423. The van der Waals surface area contributed by atoms with E-state index in [1.807, 2.05) is 48.5 Å². The van der Waals surface area contributed by atoms with Gasteiger partial charge < -0.3 is 15.2 Å². The summed E-state index contributed by atoms with van der Waals surface area (Å²) in [6.45, 7) is 5.00. The van der Waals surface area contributed by atoms with Gasteiger partial charge in [-0.1, -0.05) is 31.2 Å². The molecule has 33 heavy (non-hydrogen) atoms. The number of hydrogen-bond donors (Lipinski definition) is 3. The van der Waals surface area contributed by atoms with Crippen LogP contribution in [0.15, 0.2) is 48.5 Å². The van der Waals surface area contributed by atoms with Gasteiger partial charge in [0.15, 0.2) is 0 Å². The fourth-order valence-electron chi connectivity index (χ4n) is 6.54. The second-order valence-corrected chi connectivity index (χ2v) is 10.1. The molecule has 7 heteroatoms. The van der Waals surface area contributed by atoms with E-state index in [2.05, 4.69) is 39.3 Å². The van der Waals surface area contributed by atoms with Crippen molar-refractivity contribution in [1.82, 2.24) is 14.9 Å². The molecule has 0 saturated heterocycles. The number of rotatable bonds is 3. The first kappa shape index (κ1) is 20.3. The summed E-state index contributed by atoms with van der Waals surface area (Å²) in [6.07, 6.45) is 3.43. The zero-order chi connectivity index (χ0) is 22.8. The summed E-state index contributed by atoms with van der Waals surface area (Å²) in [7, 11) is 0. The van der Waals surface area contributed by atoms with Crippen molar-refractivity contribution in [3.05, 3.63) is 54.1 Å². The van der Waals surface area contributed by atoms with Gasteiger partial charge >= 0.3 is 0 Å². The Labute approximate surface area is 193 Å². The maximum atomic E-state index is 13.6. The van der Waals surface area contributed by atoms with Crippen LogP contribution in [0.5, 0.6) is 0 Å². The van der Waals surface area contributed by atoms with Crippen molar-refractivity contribution in [2.24, 2.45) is 17.3 Å². The lowest BCUT2D eigenvalue weighted by molar-refractivity contribution is -0.134. The van der Waals surface area contributed by atoms with E-state index in [0.29, 0.717) is 11.5 Å². The standard InChI is InChI=1S/C26H29N5O2/c1-3-31-21-11-7-6-10-20(21)27-24(31)28-23(33)18-14-16-12-13-25(18,2)15-26(16)29-19-9-5-4-8-17(19)22(32)30-26/h4-11,16,18,29H,3,12-15H2,1-2H3,(H,30,32)(H,27,28,33)/t16-,18-,25+,26+/m1/s1. The molecular formula is C26H29N5O2. The molecule has 3 saturated carbocycles. The van der Waals surface area contributed by atoms with Gasteiger partial charge in [0.2, 0.25) is 11.9 Å². The topological polar surface area (TPSA) is 88.0 Å². The third kappa shape index (κ3) is 2.98. The average Bonchev–Trinajstić information content (AvgIpc) is 3.15. The Balaban J connectivity index is 1.28. The van der Waals surface area contributed by atoms with Gasteiger partial charge in [0, 0.05) is 24.1 Å². The van der Waals surface area contributed by atoms with Crippen molar-refractivity contribution in [2.45, 2.75) is 51.7 Å². The summed E-state index contributed by atoms with van der Waals surface area (Å²) in [6, 6.07) is 15.6. The normalized spacial score (nSPS) is 30.1. The van der Waals surface area contributed by atoms with E-state index in [-0.39, 0.29) is 29.1 Å². The molecule has 4 aliphatic rings. The largest absolute Gasteiger partial charge is 0.362 e.